The summed E-state index contributed by atoms with van der Waals surface area (Å²) in [6.07, 6.45) is 2.03. The number of H-pyrrole nitrogens is 1. The standard InChI is InChI=1S/C13H13ClN4/c1-18-7-9(8-4-2-3-5-10(8)18)12-13(14)17-11(6-15)16-12/h2-5,7H,6,15H2,1H3,(H,16,17). The molecule has 0 aliphatic rings. The maximum Gasteiger partial charge on any atom is 0.134 e. The van der Waals surface area contributed by atoms with Crippen LogP contribution in [0.15, 0.2) is 30.5 Å². The van der Waals surface area contributed by atoms with Crippen molar-refractivity contribution >= 4 is 22.5 Å². The Morgan fingerprint density at radius 1 is 1.39 bits per heavy atom. The summed E-state index contributed by atoms with van der Waals surface area (Å²) in [6, 6.07) is 8.17. The third-order valence-corrected chi connectivity index (χ3v) is 3.33. The largest absolute Gasteiger partial charge is 0.350 e. The molecule has 0 fully saturated rings. The van der Waals surface area contributed by atoms with Crippen molar-refractivity contribution in [3.8, 4) is 11.3 Å². The van der Waals surface area contributed by atoms with Gasteiger partial charge >= 0.3 is 0 Å². The number of nitrogens with zero attached hydrogens (tertiary/aromatic N) is 2. The Morgan fingerprint density at radius 2 is 2.17 bits per heavy atom. The van der Waals surface area contributed by atoms with Crippen LogP contribution in [0.25, 0.3) is 22.2 Å². The fourth-order valence-electron chi connectivity index (χ4n) is 2.20. The SMILES string of the molecule is Cn1cc(-c2nc(CN)[nH]c2Cl)c2ccccc21. The van der Waals surface area contributed by atoms with Crippen LogP contribution < -0.4 is 5.73 Å². The van der Waals surface area contributed by atoms with Crippen molar-refractivity contribution in [2.45, 2.75) is 6.54 Å². The molecule has 4 nitrogen and oxygen atoms in total. The number of nitrogens with one attached hydrogen (secondary N) is 1. The van der Waals surface area contributed by atoms with E-state index >= 15 is 0 Å². The molecule has 3 aromatic rings. The topological polar surface area (TPSA) is 59.6 Å². The van der Waals surface area contributed by atoms with Gasteiger partial charge in [-0.05, 0) is 6.07 Å². The maximum absolute atomic E-state index is 6.19. The number of hydrogen-bond donors (Lipinski definition) is 2. The number of halogens is 1. The molecule has 0 unspecified atom stereocenters. The summed E-state index contributed by atoms with van der Waals surface area (Å²) in [5.41, 5.74) is 8.50. The molecular weight excluding hydrogens is 248 g/mol. The minimum Gasteiger partial charge on any atom is -0.350 e. The molecule has 0 atom stereocenters. The summed E-state index contributed by atoms with van der Waals surface area (Å²) in [4.78, 5) is 7.42. The molecule has 3 N–H and O–H groups in total. The zero-order valence-electron chi connectivity index (χ0n) is 9.94. The van der Waals surface area contributed by atoms with Gasteiger partial charge in [0.2, 0.25) is 0 Å². The molecule has 0 radical (unpaired) electrons. The molecule has 3 rings (SSSR count). The Morgan fingerprint density at radius 3 is 2.89 bits per heavy atom. The molecular formula is C13H13ClN4. The fraction of sp³-hybridized carbons (Fsp3) is 0.154. The molecule has 92 valence electrons. The van der Waals surface area contributed by atoms with Gasteiger partial charge in [0.25, 0.3) is 0 Å². The van der Waals surface area contributed by atoms with E-state index in [0.29, 0.717) is 17.5 Å². The first kappa shape index (κ1) is 11.3. The third kappa shape index (κ3) is 1.62. The predicted octanol–water partition coefficient (Wildman–Crippen LogP) is 2.68. The van der Waals surface area contributed by atoms with E-state index in [1.807, 2.05) is 25.4 Å². The summed E-state index contributed by atoms with van der Waals surface area (Å²) >= 11 is 6.19. The van der Waals surface area contributed by atoms with Gasteiger partial charge in [-0.2, -0.15) is 0 Å². The summed E-state index contributed by atoms with van der Waals surface area (Å²) in [5.74, 6) is 0.697. The number of nitrogens with two attached hydrogens (primary N) is 1. The lowest BCUT2D eigenvalue weighted by Crippen LogP contribution is -1.97. The average Bonchev–Trinajstić information content (AvgIpc) is 2.91. The van der Waals surface area contributed by atoms with Crippen molar-refractivity contribution in [3.63, 3.8) is 0 Å². The number of hydrogen-bond acceptors (Lipinski definition) is 2. The number of imidazole rings is 1. The normalized spacial score (nSPS) is 11.3. The van der Waals surface area contributed by atoms with Crippen LogP contribution >= 0.6 is 11.6 Å². The first-order chi connectivity index (χ1) is 8.70. The maximum atomic E-state index is 6.19. The van der Waals surface area contributed by atoms with Crippen LogP contribution in [0, 0.1) is 0 Å². The van der Waals surface area contributed by atoms with Gasteiger partial charge in [0, 0.05) is 29.7 Å². The second kappa shape index (κ2) is 4.15. The zero-order valence-corrected chi connectivity index (χ0v) is 10.7. The minimum absolute atomic E-state index is 0.352. The Bertz CT molecular complexity index is 711. The van der Waals surface area contributed by atoms with Crippen LogP contribution in [0.4, 0.5) is 0 Å². The lowest BCUT2D eigenvalue weighted by atomic mass is 10.1. The van der Waals surface area contributed by atoms with E-state index in [0.717, 1.165) is 22.2 Å². The van der Waals surface area contributed by atoms with Crippen molar-refractivity contribution in [3.05, 3.63) is 41.4 Å². The monoisotopic (exact) mass is 260 g/mol. The molecule has 2 aromatic heterocycles. The smallest absolute Gasteiger partial charge is 0.134 e. The van der Waals surface area contributed by atoms with E-state index in [1.54, 1.807) is 0 Å². The van der Waals surface area contributed by atoms with Gasteiger partial charge in [0.15, 0.2) is 0 Å². The van der Waals surface area contributed by atoms with Crippen molar-refractivity contribution < 1.29 is 0 Å². The van der Waals surface area contributed by atoms with Crippen molar-refractivity contribution in [1.82, 2.24) is 14.5 Å². The number of aryl methyl sites for hydroxylation is 1. The van der Waals surface area contributed by atoms with E-state index in [4.69, 9.17) is 17.3 Å². The number of rotatable bonds is 2. The van der Waals surface area contributed by atoms with Crippen molar-refractivity contribution in [2.75, 3.05) is 0 Å². The zero-order chi connectivity index (χ0) is 12.7. The highest BCUT2D eigenvalue weighted by Crippen LogP contribution is 2.32. The van der Waals surface area contributed by atoms with Gasteiger partial charge in [-0.25, -0.2) is 4.98 Å². The first-order valence-corrected chi connectivity index (χ1v) is 6.07. The number of benzene rings is 1. The van der Waals surface area contributed by atoms with E-state index < -0.39 is 0 Å². The Labute approximate surface area is 109 Å². The minimum atomic E-state index is 0.352. The molecule has 0 saturated heterocycles. The van der Waals surface area contributed by atoms with Gasteiger partial charge in [-0.1, -0.05) is 29.8 Å². The fourth-order valence-corrected chi connectivity index (χ4v) is 2.46. The average molecular weight is 261 g/mol. The predicted molar refractivity (Wildman–Crippen MR) is 73.4 cm³/mol. The summed E-state index contributed by atoms with van der Waals surface area (Å²) in [5, 5.41) is 1.67. The van der Waals surface area contributed by atoms with E-state index in [-0.39, 0.29) is 0 Å². The Balaban J connectivity index is 2.28. The summed E-state index contributed by atoms with van der Waals surface area (Å²) in [6.45, 7) is 0.352. The van der Waals surface area contributed by atoms with Crippen molar-refractivity contribution in [2.24, 2.45) is 12.8 Å². The third-order valence-electron chi connectivity index (χ3n) is 3.05. The quantitative estimate of drug-likeness (QED) is 0.744. The number of aromatic amines is 1. The van der Waals surface area contributed by atoms with Crippen LogP contribution in [-0.4, -0.2) is 14.5 Å². The van der Waals surface area contributed by atoms with E-state index in [2.05, 4.69) is 26.7 Å². The number of para-hydroxylation sites is 1. The second-order valence-electron chi connectivity index (χ2n) is 4.22. The van der Waals surface area contributed by atoms with Crippen LogP contribution in [-0.2, 0) is 13.6 Å². The highest BCUT2D eigenvalue weighted by Gasteiger charge is 2.15. The molecule has 0 spiro atoms. The molecule has 0 aliphatic heterocycles. The van der Waals surface area contributed by atoms with Gasteiger partial charge in [-0.15, -0.1) is 0 Å². The Kier molecular flexibility index (Phi) is 2.61. The summed E-state index contributed by atoms with van der Waals surface area (Å²) < 4.78 is 2.07. The van der Waals surface area contributed by atoms with Crippen molar-refractivity contribution in [1.29, 1.82) is 0 Å². The molecule has 0 amide bonds. The number of aromatic nitrogens is 3. The van der Waals surface area contributed by atoms with Gasteiger partial charge in [0.05, 0.1) is 6.54 Å². The van der Waals surface area contributed by atoms with Crippen LogP contribution in [0.1, 0.15) is 5.82 Å². The lowest BCUT2D eigenvalue weighted by Gasteiger charge is -1.95. The first-order valence-electron chi connectivity index (χ1n) is 5.69. The van der Waals surface area contributed by atoms with Gasteiger partial charge in [0.1, 0.15) is 16.7 Å². The summed E-state index contributed by atoms with van der Waals surface area (Å²) in [7, 11) is 2.01. The number of fused-ring (bicyclic) bond motifs is 1. The van der Waals surface area contributed by atoms with Crippen LogP contribution in [0.5, 0.6) is 0 Å². The van der Waals surface area contributed by atoms with Crippen LogP contribution in [0.3, 0.4) is 0 Å². The molecule has 0 aliphatic carbocycles. The van der Waals surface area contributed by atoms with Crippen LogP contribution in [0.2, 0.25) is 5.15 Å². The molecule has 5 heteroatoms. The second-order valence-corrected chi connectivity index (χ2v) is 4.60. The highest BCUT2D eigenvalue weighted by atomic mass is 35.5. The van der Waals surface area contributed by atoms with Gasteiger partial charge < -0.3 is 15.3 Å². The highest BCUT2D eigenvalue weighted by molar-refractivity contribution is 6.32. The Hall–Kier alpha value is -1.78. The molecule has 0 saturated carbocycles. The molecule has 18 heavy (non-hydrogen) atoms. The van der Waals surface area contributed by atoms with Gasteiger partial charge in [-0.3, -0.25) is 0 Å². The van der Waals surface area contributed by atoms with E-state index in [1.165, 1.54) is 0 Å². The van der Waals surface area contributed by atoms with E-state index in [9.17, 15) is 0 Å². The lowest BCUT2D eigenvalue weighted by molar-refractivity contribution is 0.949. The molecule has 1 aromatic carbocycles. The molecule has 2 heterocycles. The molecule has 0 bridgehead atoms.